The molecule has 0 amide bonds. The van der Waals surface area contributed by atoms with Crippen molar-refractivity contribution in [2.45, 2.75) is 53.5 Å². The van der Waals surface area contributed by atoms with Crippen LogP contribution in [0, 0.1) is 20.8 Å². The van der Waals surface area contributed by atoms with Crippen molar-refractivity contribution in [3.63, 3.8) is 0 Å². The van der Waals surface area contributed by atoms with Crippen LogP contribution in [0.4, 0.5) is 0 Å². The Hall–Kier alpha value is -1.02. The molecule has 1 aromatic carbocycles. The van der Waals surface area contributed by atoms with Gasteiger partial charge in [-0.05, 0) is 52.7 Å². The van der Waals surface area contributed by atoms with Crippen molar-refractivity contribution >= 4 is 0 Å². The predicted molar refractivity (Wildman–Crippen MR) is 77.3 cm³/mol. The molecule has 0 aliphatic carbocycles. The molecule has 2 N–H and O–H groups in total. The summed E-state index contributed by atoms with van der Waals surface area (Å²) >= 11 is 0. The van der Waals surface area contributed by atoms with E-state index in [1.165, 1.54) is 16.7 Å². The lowest BCUT2D eigenvalue weighted by atomic mass is 10.1. The molecule has 0 aromatic heterocycles. The average Bonchev–Trinajstić information content (AvgIpc) is 2.19. The third kappa shape index (κ3) is 5.09. The van der Waals surface area contributed by atoms with Crippen LogP contribution in [-0.2, 0) is 0 Å². The number of nitrogens with two attached hydrogens (primary N) is 1. The van der Waals surface area contributed by atoms with Gasteiger partial charge in [0.25, 0.3) is 0 Å². The van der Waals surface area contributed by atoms with E-state index in [1.807, 2.05) is 0 Å². The zero-order valence-electron chi connectivity index (χ0n) is 12.8. The van der Waals surface area contributed by atoms with Crippen LogP contribution in [0.2, 0.25) is 0 Å². The molecule has 0 heterocycles. The molecular weight excluding hydrogens is 222 g/mol. The number of quaternary nitrogens is 1. The van der Waals surface area contributed by atoms with Gasteiger partial charge in [0.1, 0.15) is 5.75 Å². The Balaban J connectivity index is 2.41. The van der Waals surface area contributed by atoms with E-state index in [0.717, 1.165) is 25.3 Å². The highest BCUT2D eigenvalue weighted by Gasteiger charge is 2.12. The summed E-state index contributed by atoms with van der Waals surface area (Å²) in [6.45, 7) is 15.0. The van der Waals surface area contributed by atoms with Crippen molar-refractivity contribution < 1.29 is 10.1 Å². The fourth-order valence-corrected chi connectivity index (χ4v) is 2.19. The van der Waals surface area contributed by atoms with Crippen molar-refractivity contribution in [2.24, 2.45) is 0 Å². The molecule has 0 unspecified atom stereocenters. The van der Waals surface area contributed by atoms with Crippen LogP contribution in [0.25, 0.3) is 0 Å². The molecule has 0 atom stereocenters. The number of rotatable bonds is 5. The molecule has 102 valence electrons. The summed E-state index contributed by atoms with van der Waals surface area (Å²) in [5, 5.41) is 2.37. The van der Waals surface area contributed by atoms with E-state index in [9.17, 15) is 0 Å². The van der Waals surface area contributed by atoms with Gasteiger partial charge in [-0.2, -0.15) is 0 Å². The summed E-state index contributed by atoms with van der Waals surface area (Å²) in [6.07, 6.45) is 1.09. The van der Waals surface area contributed by atoms with Gasteiger partial charge >= 0.3 is 0 Å². The summed E-state index contributed by atoms with van der Waals surface area (Å²) in [4.78, 5) is 0. The second-order valence-electron chi connectivity index (χ2n) is 6.29. The summed E-state index contributed by atoms with van der Waals surface area (Å²) in [5.74, 6) is 1.07. The summed E-state index contributed by atoms with van der Waals surface area (Å²) in [5.41, 5.74) is 4.11. The van der Waals surface area contributed by atoms with E-state index in [-0.39, 0.29) is 0 Å². The van der Waals surface area contributed by atoms with E-state index in [4.69, 9.17) is 4.74 Å². The van der Waals surface area contributed by atoms with Gasteiger partial charge in [-0.3, -0.25) is 0 Å². The van der Waals surface area contributed by atoms with Crippen LogP contribution >= 0.6 is 0 Å². The zero-order chi connectivity index (χ0) is 13.8. The Bertz CT molecular complexity index is 368. The minimum atomic E-state index is 0.315. The van der Waals surface area contributed by atoms with Gasteiger partial charge in [0.05, 0.1) is 18.7 Å². The van der Waals surface area contributed by atoms with E-state index in [1.54, 1.807) is 0 Å². The Kier molecular flexibility index (Phi) is 5.21. The third-order valence-electron chi connectivity index (χ3n) is 2.96. The SMILES string of the molecule is Cc1cc(C)c(OCCC[NH2+]C(C)(C)C)c(C)c1. The quantitative estimate of drug-likeness (QED) is 0.799. The fraction of sp³-hybridized carbons (Fsp3) is 0.625. The Morgan fingerprint density at radius 2 is 1.61 bits per heavy atom. The van der Waals surface area contributed by atoms with Gasteiger partial charge < -0.3 is 10.1 Å². The van der Waals surface area contributed by atoms with Crippen molar-refractivity contribution in [2.75, 3.05) is 13.2 Å². The van der Waals surface area contributed by atoms with Crippen molar-refractivity contribution in [1.29, 1.82) is 0 Å². The fourth-order valence-electron chi connectivity index (χ4n) is 2.19. The van der Waals surface area contributed by atoms with Crippen molar-refractivity contribution in [3.05, 3.63) is 28.8 Å². The predicted octanol–water partition coefficient (Wildman–Crippen LogP) is 2.74. The first kappa shape index (κ1) is 15.0. The van der Waals surface area contributed by atoms with E-state index in [0.29, 0.717) is 5.54 Å². The highest BCUT2D eigenvalue weighted by molar-refractivity contribution is 5.42. The van der Waals surface area contributed by atoms with Crippen LogP contribution in [0.3, 0.4) is 0 Å². The van der Waals surface area contributed by atoms with Crippen LogP contribution in [-0.4, -0.2) is 18.7 Å². The molecule has 0 radical (unpaired) electrons. The lowest BCUT2D eigenvalue weighted by Gasteiger charge is -2.17. The van der Waals surface area contributed by atoms with Gasteiger partial charge in [-0.1, -0.05) is 17.7 Å². The zero-order valence-corrected chi connectivity index (χ0v) is 12.8. The highest BCUT2D eigenvalue weighted by Crippen LogP contribution is 2.24. The monoisotopic (exact) mass is 250 g/mol. The molecule has 0 fully saturated rings. The summed E-state index contributed by atoms with van der Waals surface area (Å²) < 4.78 is 5.92. The Morgan fingerprint density at radius 1 is 1.06 bits per heavy atom. The van der Waals surface area contributed by atoms with Crippen LogP contribution in [0.5, 0.6) is 5.75 Å². The average molecular weight is 250 g/mol. The van der Waals surface area contributed by atoms with Crippen LogP contribution in [0.15, 0.2) is 12.1 Å². The number of hydrogen-bond donors (Lipinski definition) is 1. The largest absolute Gasteiger partial charge is 0.493 e. The molecule has 1 rings (SSSR count). The van der Waals surface area contributed by atoms with E-state index < -0.39 is 0 Å². The van der Waals surface area contributed by atoms with Crippen molar-refractivity contribution in [3.8, 4) is 5.75 Å². The molecule has 18 heavy (non-hydrogen) atoms. The number of benzene rings is 1. The third-order valence-corrected chi connectivity index (χ3v) is 2.96. The summed E-state index contributed by atoms with van der Waals surface area (Å²) in [6, 6.07) is 4.37. The van der Waals surface area contributed by atoms with Gasteiger partial charge in [-0.25, -0.2) is 0 Å². The van der Waals surface area contributed by atoms with E-state index in [2.05, 4.69) is 59.0 Å². The smallest absolute Gasteiger partial charge is 0.125 e. The maximum absolute atomic E-state index is 5.92. The van der Waals surface area contributed by atoms with Gasteiger partial charge in [-0.15, -0.1) is 0 Å². The van der Waals surface area contributed by atoms with Crippen LogP contribution in [0.1, 0.15) is 43.9 Å². The van der Waals surface area contributed by atoms with Gasteiger partial charge in [0, 0.05) is 6.42 Å². The second-order valence-corrected chi connectivity index (χ2v) is 6.29. The first-order valence-corrected chi connectivity index (χ1v) is 6.84. The second kappa shape index (κ2) is 6.24. The number of hydrogen-bond acceptors (Lipinski definition) is 1. The molecule has 0 aliphatic heterocycles. The van der Waals surface area contributed by atoms with Gasteiger partial charge in [0.2, 0.25) is 0 Å². The minimum absolute atomic E-state index is 0.315. The van der Waals surface area contributed by atoms with Crippen molar-refractivity contribution in [1.82, 2.24) is 0 Å². The Morgan fingerprint density at radius 3 is 2.11 bits per heavy atom. The maximum Gasteiger partial charge on any atom is 0.125 e. The molecular formula is C16H28NO+. The molecule has 0 saturated heterocycles. The molecule has 0 spiro atoms. The molecule has 1 aromatic rings. The number of aryl methyl sites for hydroxylation is 3. The van der Waals surface area contributed by atoms with E-state index >= 15 is 0 Å². The summed E-state index contributed by atoms with van der Waals surface area (Å²) in [7, 11) is 0. The minimum Gasteiger partial charge on any atom is -0.493 e. The molecule has 0 saturated carbocycles. The molecule has 2 heteroatoms. The number of ether oxygens (including phenoxy) is 1. The highest BCUT2D eigenvalue weighted by atomic mass is 16.5. The molecule has 0 bridgehead atoms. The Labute approximate surface area is 112 Å². The lowest BCUT2D eigenvalue weighted by molar-refractivity contribution is -0.717. The topological polar surface area (TPSA) is 25.8 Å². The first-order valence-electron chi connectivity index (χ1n) is 6.84. The van der Waals surface area contributed by atoms with Crippen LogP contribution < -0.4 is 10.1 Å². The first-order chi connectivity index (χ1) is 8.29. The normalized spacial score (nSPS) is 11.7. The van der Waals surface area contributed by atoms with Gasteiger partial charge in [0.15, 0.2) is 0 Å². The molecule has 2 nitrogen and oxygen atoms in total. The molecule has 0 aliphatic rings. The lowest BCUT2D eigenvalue weighted by Crippen LogP contribution is -2.94. The maximum atomic E-state index is 5.92. The standard InChI is InChI=1S/C16H27NO/c1-12-10-13(2)15(14(3)11-12)18-9-7-8-17-16(4,5)6/h10-11,17H,7-9H2,1-6H3/p+1.